The van der Waals surface area contributed by atoms with Crippen LogP contribution in [0.5, 0.6) is 5.75 Å². The van der Waals surface area contributed by atoms with Crippen molar-refractivity contribution in [1.82, 2.24) is 0 Å². The zero-order valence-electron chi connectivity index (χ0n) is 11.6. The van der Waals surface area contributed by atoms with Crippen molar-refractivity contribution in [1.29, 1.82) is 5.26 Å². The van der Waals surface area contributed by atoms with Crippen molar-refractivity contribution in [2.45, 2.75) is 13.0 Å². The molecule has 0 aliphatic carbocycles. The fraction of sp³-hybridized carbons (Fsp3) is 0.125. The molecular formula is C16H12F2N2O2. The highest BCUT2D eigenvalue weighted by molar-refractivity contribution is 5.94. The number of hydrogen-bond acceptors (Lipinski definition) is 3. The predicted molar refractivity (Wildman–Crippen MR) is 76.2 cm³/mol. The summed E-state index contributed by atoms with van der Waals surface area (Å²) in [5, 5.41) is 10.9. The molecule has 0 heterocycles. The van der Waals surface area contributed by atoms with Crippen molar-refractivity contribution in [2.75, 3.05) is 5.32 Å². The van der Waals surface area contributed by atoms with Gasteiger partial charge in [0, 0.05) is 0 Å². The van der Waals surface area contributed by atoms with E-state index >= 15 is 0 Å². The van der Waals surface area contributed by atoms with Gasteiger partial charge >= 0.3 is 0 Å². The summed E-state index contributed by atoms with van der Waals surface area (Å²) in [6.45, 7) is 1.44. The second-order valence-corrected chi connectivity index (χ2v) is 4.49. The lowest BCUT2D eigenvalue weighted by Crippen LogP contribution is -2.30. The molecule has 0 radical (unpaired) electrons. The number of nitrogens with one attached hydrogen (secondary N) is 1. The number of ether oxygens (including phenoxy) is 1. The maximum Gasteiger partial charge on any atom is 0.265 e. The van der Waals surface area contributed by atoms with E-state index in [2.05, 4.69) is 5.32 Å². The summed E-state index contributed by atoms with van der Waals surface area (Å²) in [4.78, 5) is 11.9. The first-order valence-electron chi connectivity index (χ1n) is 6.43. The maximum absolute atomic E-state index is 13.5. The first-order chi connectivity index (χ1) is 10.5. The number of anilines is 1. The van der Waals surface area contributed by atoms with Gasteiger partial charge in [-0.1, -0.05) is 12.1 Å². The number of halogens is 2. The number of nitrogens with zero attached hydrogens (tertiary/aromatic N) is 1. The van der Waals surface area contributed by atoms with Gasteiger partial charge in [0.05, 0.1) is 11.6 Å². The second-order valence-electron chi connectivity index (χ2n) is 4.49. The molecule has 0 saturated carbocycles. The van der Waals surface area contributed by atoms with Crippen molar-refractivity contribution in [3.8, 4) is 11.8 Å². The van der Waals surface area contributed by atoms with Crippen molar-refractivity contribution >= 4 is 11.6 Å². The van der Waals surface area contributed by atoms with E-state index in [1.165, 1.54) is 19.1 Å². The summed E-state index contributed by atoms with van der Waals surface area (Å²) in [6, 6.07) is 11.5. The van der Waals surface area contributed by atoms with Crippen LogP contribution in [0.15, 0.2) is 42.5 Å². The molecule has 2 aromatic carbocycles. The van der Waals surface area contributed by atoms with Gasteiger partial charge in [-0.3, -0.25) is 4.79 Å². The van der Waals surface area contributed by atoms with Gasteiger partial charge in [0.15, 0.2) is 6.10 Å². The molecule has 2 aromatic rings. The summed E-state index contributed by atoms with van der Waals surface area (Å²) in [5.41, 5.74) is -0.140. The van der Waals surface area contributed by atoms with E-state index in [4.69, 9.17) is 10.00 Å². The Labute approximate surface area is 125 Å². The van der Waals surface area contributed by atoms with Crippen LogP contribution in [0.2, 0.25) is 0 Å². The van der Waals surface area contributed by atoms with Crippen LogP contribution >= 0.6 is 0 Å². The number of hydrogen-bond donors (Lipinski definition) is 1. The molecule has 1 N–H and O–H groups in total. The van der Waals surface area contributed by atoms with Gasteiger partial charge in [0.1, 0.15) is 23.1 Å². The van der Waals surface area contributed by atoms with E-state index < -0.39 is 29.3 Å². The van der Waals surface area contributed by atoms with Crippen LogP contribution in [0.3, 0.4) is 0 Å². The normalized spacial score (nSPS) is 11.4. The van der Waals surface area contributed by atoms with Crippen LogP contribution in [-0.4, -0.2) is 12.0 Å². The smallest absolute Gasteiger partial charge is 0.265 e. The molecule has 0 saturated heterocycles. The third-order valence-electron chi connectivity index (χ3n) is 2.86. The largest absolute Gasteiger partial charge is 0.481 e. The van der Waals surface area contributed by atoms with Crippen molar-refractivity contribution in [2.24, 2.45) is 0 Å². The zero-order valence-corrected chi connectivity index (χ0v) is 11.6. The molecule has 0 fully saturated rings. The molecule has 4 nitrogen and oxygen atoms in total. The van der Waals surface area contributed by atoms with E-state index in [0.29, 0.717) is 11.3 Å². The highest BCUT2D eigenvalue weighted by Gasteiger charge is 2.18. The van der Waals surface area contributed by atoms with Gasteiger partial charge in [0.2, 0.25) is 0 Å². The number of carbonyl (C=O) groups excluding carboxylic acids is 1. The standard InChI is InChI=1S/C16H12F2N2O2/c1-10(22-12-5-2-4-11(8-12)9-19)16(21)20-15-13(17)6-3-7-14(15)18/h2-8,10H,1H3,(H,20,21). The Balaban J connectivity index is 2.08. The Bertz CT molecular complexity index is 721. The first kappa shape index (κ1) is 15.4. The number of amides is 1. The fourth-order valence-electron chi connectivity index (χ4n) is 1.74. The van der Waals surface area contributed by atoms with Crippen molar-refractivity contribution in [3.05, 3.63) is 59.7 Å². The van der Waals surface area contributed by atoms with Crippen LogP contribution in [0.4, 0.5) is 14.5 Å². The highest BCUT2D eigenvalue weighted by atomic mass is 19.1. The molecular weight excluding hydrogens is 290 g/mol. The highest BCUT2D eigenvalue weighted by Crippen LogP contribution is 2.19. The molecule has 1 amide bonds. The zero-order chi connectivity index (χ0) is 16.1. The summed E-state index contributed by atoms with van der Waals surface area (Å²) >= 11 is 0. The monoisotopic (exact) mass is 302 g/mol. The molecule has 1 unspecified atom stereocenters. The molecule has 2 rings (SSSR count). The van der Waals surface area contributed by atoms with Crippen LogP contribution < -0.4 is 10.1 Å². The predicted octanol–water partition coefficient (Wildman–Crippen LogP) is 3.24. The molecule has 0 aliphatic rings. The Hall–Kier alpha value is -2.94. The van der Waals surface area contributed by atoms with Crippen molar-refractivity contribution in [3.63, 3.8) is 0 Å². The fourth-order valence-corrected chi connectivity index (χ4v) is 1.74. The minimum atomic E-state index is -0.993. The van der Waals surface area contributed by atoms with Gasteiger partial charge in [-0.25, -0.2) is 8.78 Å². The number of benzene rings is 2. The van der Waals surface area contributed by atoms with E-state index in [1.54, 1.807) is 18.2 Å². The summed E-state index contributed by atoms with van der Waals surface area (Å²) < 4.78 is 32.3. The quantitative estimate of drug-likeness (QED) is 0.943. The average molecular weight is 302 g/mol. The number of para-hydroxylation sites is 1. The van der Waals surface area contributed by atoms with Gasteiger partial charge < -0.3 is 10.1 Å². The third-order valence-corrected chi connectivity index (χ3v) is 2.86. The summed E-state index contributed by atoms with van der Waals surface area (Å²) in [5.74, 6) is -2.12. The van der Waals surface area contributed by atoms with Crippen LogP contribution in [0.25, 0.3) is 0 Å². The minimum Gasteiger partial charge on any atom is -0.481 e. The Morgan fingerprint density at radius 1 is 1.23 bits per heavy atom. The molecule has 22 heavy (non-hydrogen) atoms. The van der Waals surface area contributed by atoms with Crippen LogP contribution in [0.1, 0.15) is 12.5 Å². The topological polar surface area (TPSA) is 62.1 Å². The molecule has 6 heteroatoms. The second kappa shape index (κ2) is 6.68. The van der Waals surface area contributed by atoms with Gasteiger partial charge in [-0.15, -0.1) is 0 Å². The lowest BCUT2D eigenvalue weighted by molar-refractivity contribution is -0.122. The van der Waals surface area contributed by atoms with Crippen LogP contribution in [-0.2, 0) is 4.79 Å². The SMILES string of the molecule is CC(Oc1cccc(C#N)c1)C(=O)Nc1c(F)cccc1F. The Morgan fingerprint density at radius 3 is 2.50 bits per heavy atom. The van der Waals surface area contributed by atoms with Gasteiger partial charge in [-0.2, -0.15) is 5.26 Å². The average Bonchev–Trinajstić information content (AvgIpc) is 2.51. The van der Waals surface area contributed by atoms with E-state index in [0.717, 1.165) is 12.1 Å². The van der Waals surface area contributed by atoms with Crippen LogP contribution in [0, 0.1) is 23.0 Å². The van der Waals surface area contributed by atoms with E-state index in [1.807, 2.05) is 6.07 Å². The third kappa shape index (κ3) is 3.58. The van der Waals surface area contributed by atoms with E-state index in [9.17, 15) is 13.6 Å². The number of nitriles is 1. The molecule has 0 aliphatic heterocycles. The lowest BCUT2D eigenvalue weighted by atomic mass is 10.2. The molecule has 0 spiro atoms. The molecule has 112 valence electrons. The van der Waals surface area contributed by atoms with Gasteiger partial charge in [0.25, 0.3) is 5.91 Å². The Kier molecular flexibility index (Phi) is 4.69. The first-order valence-corrected chi connectivity index (χ1v) is 6.43. The van der Waals surface area contributed by atoms with E-state index in [-0.39, 0.29) is 0 Å². The molecule has 0 bridgehead atoms. The maximum atomic E-state index is 13.5. The Morgan fingerprint density at radius 2 is 1.86 bits per heavy atom. The number of carbonyl (C=O) groups is 1. The minimum absolute atomic E-state index is 0.315. The molecule has 0 aromatic heterocycles. The van der Waals surface area contributed by atoms with Crippen molar-refractivity contribution < 1.29 is 18.3 Å². The molecule has 1 atom stereocenters. The lowest BCUT2D eigenvalue weighted by Gasteiger charge is -2.15. The summed E-state index contributed by atoms with van der Waals surface area (Å²) in [7, 11) is 0. The van der Waals surface area contributed by atoms with Gasteiger partial charge in [-0.05, 0) is 37.3 Å². The summed E-state index contributed by atoms with van der Waals surface area (Å²) in [6.07, 6.45) is -0.993. The number of rotatable bonds is 4.